The molecule has 5 heteroatoms. The highest BCUT2D eigenvalue weighted by molar-refractivity contribution is 6.99. The number of carbonyl (C=O) groups is 1. The Bertz CT molecular complexity index is 272. The molecule has 0 atom stereocenters. The van der Waals surface area contributed by atoms with Gasteiger partial charge in [0.1, 0.15) is 0 Å². The summed E-state index contributed by atoms with van der Waals surface area (Å²) in [5.74, 6) is -0.372. The molecule has 1 rings (SSSR count). The second-order valence-electron chi connectivity index (χ2n) is 2.13. The van der Waals surface area contributed by atoms with Crippen LogP contribution in [0.2, 0.25) is 0 Å². The van der Waals surface area contributed by atoms with Crippen LogP contribution in [-0.4, -0.2) is 21.3 Å². The average molecular weight is 186 g/mol. The lowest BCUT2D eigenvalue weighted by atomic mass is 10.3. The highest BCUT2D eigenvalue weighted by Gasteiger charge is 2.15. The second kappa shape index (κ2) is 4.15. The number of nitrogens with zero attached hydrogens (tertiary/aromatic N) is 2. The van der Waals surface area contributed by atoms with Crippen molar-refractivity contribution in [3.63, 3.8) is 0 Å². The molecule has 4 nitrogen and oxygen atoms in total. The first kappa shape index (κ1) is 9.12. The maximum Gasteiger partial charge on any atom is 0.360 e. The molecule has 0 aliphatic carbocycles. The van der Waals surface area contributed by atoms with Gasteiger partial charge in [0.05, 0.1) is 24.0 Å². The lowest BCUT2D eigenvalue weighted by molar-refractivity contribution is 0.0519. The Balaban J connectivity index is 2.79. The average Bonchev–Trinajstić information content (AvgIpc) is 2.51. The van der Waals surface area contributed by atoms with Gasteiger partial charge in [-0.3, -0.25) is 0 Å². The summed E-state index contributed by atoms with van der Waals surface area (Å²) in [6, 6.07) is 0. The van der Waals surface area contributed by atoms with Gasteiger partial charge in [0.25, 0.3) is 0 Å². The Kier molecular flexibility index (Phi) is 3.16. The third-order valence-corrected chi connectivity index (χ3v) is 1.93. The third kappa shape index (κ3) is 1.79. The van der Waals surface area contributed by atoms with E-state index >= 15 is 0 Å². The second-order valence-corrected chi connectivity index (χ2v) is 2.66. The van der Waals surface area contributed by atoms with Gasteiger partial charge in [0.2, 0.25) is 0 Å². The largest absolute Gasteiger partial charge is 0.461 e. The van der Waals surface area contributed by atoms with Gasteiger partial charge in [0.15, 0.2) is 5.69 Å². The van der Waals surface area contributed by atoms with Gasteiger partial charge < -0.3 is 4.74 Å². The summed E-state index contributed by atoms with van der Waals surface area (Å²) in [6.07, 6.45) is 0.713. The Morgan fingerprint density at radius 2 is 2.25 bits per heavy atom. The molecular weight excluding hydrogens is 176 g/mol. The molecule has 0 N–H and O–H groups in total. The minimum atomic E-state index is -0.372. The van der Waals surface area contributed by atoms with Crippen LogP contribution < -0.4 is 0 Å². The monoisotopic (exact) mass is 186 g/mol. The zero-order chi connectivity index (χ0) is 8.97. The third-order valence-electron chi connectivity index (χ3n) is 1.36. The molecule has 0 aromatic carbocycles. The van der Waals surface area contributed by atoms with Crippen LogP contribution in [0.5, 0.6) is 0 Å². The molecule has 0 spiro atoms. The minimum absolute atomic E-state index is 0.365. The molecule has 0 aliphatic heterocycles. The van der Waals surface area contributed by atoms with Gasteiger partial charge in [-0.1, -0.05) is 6.92 Å². The number of rotatable bonds is 3. The van der Waals surface area contributed by atoms with Crippen molar-refractivity contribution in [2.75, 3.05) is 6.61 Å². The molecular formula is C7H10N2O2S. The van der Waals surface area contributed by atoms with Crippen molar-refractivity contribution >= 4 is 17.7 Å². The first-order chi connectivity index (χ1) is 5.79. The normalized spacial score (nSPS) is 9.83. The summed E-state index contributed by atoms with van der Waals surface area (Å²) in [6.45, 7) is 4.07. The van der Waals surface area contributed by atoms with E-state index in [9.17, 15) is 4.79 Å². The van der Waals surface area contributed by atoms with Crippen molar-refractivity contribution in [3.05, 3.63) is 11.4 Å². The van der Waals surface area contributed by atoms with Crippen LogP contribution in [0.3, 0.4) is 0 Å². The van der Waals surface area contributed by atoms with Crippen molar-refractivity contribution in [1.29, 1.82) is 0 Å². The lowest BCUT2D eigenvalue weighted by Crippen LogP contribution is -2.07. The van der Waals surface area contributed by atoms with E-state index in [1.165, 1.54) is 0 Å². The standard InChI is InChI=1S/C7H10N2O2S/c1-3-5-6(9-12-8-5)7(10)11-4-2/h3-4H2,1-2H3. The molecule has 0 saturated carbocycles. The Labute approximate surface area is 74.9 Å². The van der Waals surface area contributed by atoms with Crippen LogP contribution in [0.1, 0.15) is 30.0 Å². The van der Waals surface area contributed by atoms with Gasteiger partial charge in [-0.15, -0.1) is 0 Å². The van der Waals surface area contributed by atoms with Gasteiger partial charge in [-0.05, 0) is 13.3 Å². The fourth-order valence-corrected chi connectivity index (χ4v) is 1.41. The highest BCUT2D eigenvalue weighted by Crippen LogP contribution is 2.07. The van der Waals surface area contributed by atoms with E-state index in [0.717, 1.165) is 17.4 Å². The smallest absolute Gasteiger partial charge is 0.360 e. The lowest BCUT2D eigenvalue weighted by Gasteiger charge is -1.97. The molecule has 0 unspecified atom stereocenters. The molecule has 1 aromatic rings. The molecule has 0 saturated heterocycles. The molecule has 0 fully saturated rings. The predicted molar refractivity (Wildman–Crippen MR) is 45.2 cm³/mol. The Hall–Kier alpha value is -0.970. The minimum Gasteiger partial charge on any atom is -0.461 e. The van der Waals surface area contributed by atoms with Gasteiger partial charge in [0, 0.05) is 0 Å². The topological polar surface area (TPSA) is 52.1 Å². The number of ether oxygens (including phenoxy) is 1. The molecule has 1 aromatic heterocycles. The van der Waals surface area contributed by atoms with E-state index in [4.69, 9.17) is 4.74 Å². The number of aryl methyl sites for hydroxylation is 1. The first-order valence-electron chi connectivity index (χ1n) is 3.78. The Morgan fingerprint density at radius 3 is 2.83 bits per heavy atom. The van der Waals surface area contributed by atoms with Crippen LogP contribution in [0.25, 0.3) is 0 Å². The van der Waals surface area contributed by atoms with Crippen molar-refractivity contribution < 1.29 is 9.53 Å². The zero-order valence-electron chi connectivity index (χ0n) is 7.03. The number of aromatic nitrogens is 2. The molecule has 0 radical (unpaired) electrons. The highest BCUT2D eigenvalue weighted by atomic mass is 32.1. The maximum atomic E-state index is 11.2. The fraction of sp³-hybridized carbons (Fsp3) is 0.571. The number of hydrogen-bond donors (Lipinski definition) is 0. The summed E-state index contributed by atoms with van der Waals surface area (Å²) in [4.78, 5) is 11.2. The van der Waals surface area contributed by atoms with Crippen LogP contribution in [0.4, 0.5) is 0 Å². The Morgan fingerprint density at radius 1 is 1.50 bits per heavy atom. The molecule has 66 valence electrons. The zero-order valence-corrected chi connectivity index (χ0v) is 7.85. The summed E-state index contributed by atoms with van der Waals surface area (Å²) < 4.78 is 12.6. The van der Waals surface area contributed by atoms with Gasteiger partial charge in [-0.25, -0.2) is 4.79 Å². The number of carbonyl (C=O) groups excluding carboxylic acids is 1. The molecule has 1 heterocycles. The van der Waals surface area contributed by atoms with E-state index in [2.05, 4.69) is 8.75 Å². The molecule has 0 aliphatic rings. The van der Waals surface area contributed by atoms with Crippen molar-refractivity contribution in [3.8, 4) is 0 Å². The number of hydrogen-bond acceptors (Lipinski definition) is 5. The molecule has 12 heavy (non-hydrogen) atoms. The molecule has 0 amide bonds. The summed E-state index contributed by atoms with van der Waals surface area (Å²) in [5, 5.41) is 0. The first-order valence-corrected chi connectivity index (χ1v) is 4.51. The quantitative estimate of drug-likeness (QED) is 0.667. The van der Waals surface area contributed by atoms with Crippen molar-refractivity contribution in [2.45, 2.75) is 20.3 Å². The van der Waals surface area contributed by atoms with Gasteiger partial charge >= 0.3 is 5.97 Å². The summed E-state index contributed by atoms with van der Waals surface area (Å²) in [5.41, 5.74) is 1.09. The summed E-state index contributed by atoms with van der Waals surface area (Å²) >= 11 is 1.04. The van der Waals surface area contributed by atoms with Gasteiger partial charge in [-0.2, -0.15) is 8.75 Å². The van der Waals surface area contributed by atoms with E-state index in [-0.39, 0.29) is 5.97 Å². The van der Waals surface area contributed by atoms with Crippen molar-refractivity contribution in [2.24, 2.45) is 0 Å². The van der Waals surface area contributed by atoms with E-state index in [1.807, 2.05) is 6.92 Å². The van der Waals surface area contributed by atoms with Crippen LogP contribution in [-0.2, 0) is 11.2 Å². The van der Waals surface area contributed by atoms with Crippen LogP contribution >= 0.6 is 11.7 Å². The summed E-state index contributed by atoms with van der Waals surface area (Å²) in [7, 11) is 0. The maximum absolute atomic E-state index is 11.2. The molecule has 0 bridgehead atoms. The van der Waals surface area contributed by atoms with Crippen LogP contribution in [0, 0.1) is 0 Å². The van der Waals surface area contributed by atoms with Crippen LogP contribution in [0.15, 0.2) is 0 Å². The SMILES string of the molecule is CCOC(=O)c1nsnc1CC. The fourth-order valence-electron chi connectivity index (χ4n) is 0.793. The van der Waals surface area contributed by atoms with Crippen molar-refractivity contribution in [1.82, 2.24) is 8.75 Å². The van der Waals surface area contributed by atoms with E-state index < -0.39 is 0 Å². The number of esters is 1. The predicted octanol–water partition coefficient (Wildman–Crippen LogP) is 1.28. The van der Waals surface area contributed by atoms with E-state index in [1.54, 1.807) is 6.92 Å². The van der Waals surface area contributed by atoms with E-state index in [0.29, 0.717) is 18.7 Å².